The minimum atomic E-state index is -3.05. The maximum absolute atomic E-state index is 11.4. The first-order chi connectivity index (χ1) is 5.87. The molecule has 0 aliphatic carbocycles. The minimum absolute atomic E-state index is 0.272. The third-order valence-corrected chi connectivity index (χ3v) is 4.64. The average Bonchev–Trinajstić information content (AvgIpc) is 1.99. The van der Waals surface area contributed by atoms with Gasteiger partial charge >= 0.3 is 0 Å². The Kier molecular flexibility index (Phi) is 5.47. The van der Waals surface area contributed by atoms with E-state index in [2.05, 4.69) is 15.9 Å². The molecule has 80 valence electrons. The Morgan fingerprint density at radius 1 is 1.46 bits per heavy atom. The summed E-state index contributed by atoms with van der Waals surface area (Å²) in [5.41, 5.74) is 0. The summed E-state index contributed by atoms with van der Waals surface area (Å²) in [6.07, 6.45) is 1.83. The topological polar surface area (TPSA) is 43.4 Å². The molecule has 0 saturated carbocycles. The van der Waals surface area contributed by atoms with Gasteiger partial charge in [0.25, 0.3) is 0 Å². The van der Waals surface area contributed by atoms with E-state index in [1.165, 1.54) is 6.26 Å². The van der Waals surface area contributed by atoms with Gasteiger partial charge in [-0.05, 0) is 20.3 Å². The van der Waals surface area contributed by atoms with Crippen LogP contribution in [-0.4, -0.2) is 38.0 Å². The van der Waals surface area contributed by atoms with Crippen molar-refractivity contribution in [3.8, 4) is 0 Å². The van der Waals surface area contributed by atoms with Gasteiger partial charge in [-0.25, -0.2) is 8.42 Å². The van der Waals surface area contributed by atoms with E-state index < -0.39 is 14.6 Å². The van der Waals surface area contributed by atoms with Crippen LogP contribution in [0.4, 0.5) is 0 Å². The SMILES string of the molecule is CCOC[C@@](C)(CCBr)S(C)(=O)=O. The van der Waals surface area contributed by atoms with Crippen molar-refractivity contribution >= 4 is 25.8 Å². The second kappa shape index (κ2) is 5.32. The van der Waals surface area contributed by atoms with Crippen LogP contribution in [0.2, 0.25) is 0 Å². The standard InChI is InChI=1S/C8H17BrO3S/c1-4-12-7-8(2,5-6-9)13(3,10)11/h4-7H2,1-3H3/t8-/m1/s1. The highest BCUT2D eigenvalue weighted by atomic mass is 79.9. The first-order valence-corrected chi connectivity index (χ1v) is 7.22. The molecule has 0 aliphatic rings. The van der Waals surface area contributed by atoms with Crippen LogP contribution >= 0.6 is 15.9 Å². The van der Waals surface area contributed by atoms with Gasteiger partial charge in [-0.1, -0.05) is 15.9 Å². The van der Waals surface area contributed by atoms with Crippen molar-refractivity contribution in [3.05, 3.63) is 0 Å². The van der Waals surface area contributed by atoms with Gasteiger partial charge in [-0.2, -0.15) is 0 Å². The van der Waals surface area contributed by atoms with Crippen molar-refractivity contribution in [3.63, 3.8) is 0 Å². The third-order valence-electron chi connectivity index (χ3n) is 2.13. The molecule has 0 aromatic heterocycles. The molecule has 0 aliphatic heterocycles. The summed E-state index contributed by atoms with van der Waals surface area (Å²) in [5, 5.41) is 0.670. The van der Waals surface area contributed by atoms with Crippen LogP contribution in [0.5, 0.6) is 0 Å². The van der Waals surface area contributed by atoms with Gasteiger partial charge in [0, 0.05) is 18.2 Å². The lowest BCUT2D eigenvalue weighted by Crippen LogP contribution is -2.40. The van der Waals surface area contributed by atoms with Crippen LogP contribution in [0.1, 0.15) is 20.3 Å². The molecule has 0 amide bonds. The molecule has 3 nitrogen and oxygen atoms in total. The molecular weight excluding hydrogens is 256 g/mol. The van der Waals surface area contributed by atoms with Crippen LogP contribution in [-0.2, 0) is 14.6 Å². The first-order valence-electron chi connectivity index (χ1n) is 4.20. The first kappa shape index (κ1) is 13.4. The number of hydrogen-bond donors (Lipinski definition) is 0. The van der Waals surface area contributed by atoms with Crippen molar-refractivity contribution in [2.24, 2.45) is 0 Å². The molecule has 0 unspecified atom stereocenters. The van der Waals surface area contributed by atoms with E-state index in [1.807, 2.05) is 6.92 Å². The molecule has 0 saturated heterocycles. The fraction of sp³-hybridized carbons (Fsp3) is 1.00. The second-order valence-corrected chi connectivity index (χ2v) is 6.62. The van der Waals surface area contributed by atoms with Gasteiger partial charge in [-0.15, -0.1) is 0 Å². The lowest BCUT2D eigenvalue weighted by molar-refractivity contribution is 0.124. The quantitative estimate of drug-likeness (QED) is 0.690. The predicted octanol–water partition coefficient (Wildman–Crippen LogP) is 1.61. The molecule has 1 atom stereocenters. The van der Waals surface area contributed by atoms with Gasteiger partial charge in [0.05, 0.1) is 11.4 Å². The highest BCUT2D eigenvalue weighted by molar-refractivity contribution is 9.09. The van der Waals surface area contributed by atoms with Gasteiger partial charge in [-0.3, -0.25) is 0 Å². The fourth-order valence-corrected chi connectivity index (χ4v) is 2.79. The Hall–Kier alpha value is 0.390. The van der Waals surface area contributed by atoms with Crippen LogP contribution in [0.3, 0.4) is 0 Å². The number of halogens is 1. The van der Waals surface area contributed by atoms with Gasteiger partial charge < -0.3 is 4.74 Å². The Morgan fingerprint density at radius 3 is 2.31 bits per heavy atom. The third kappa shape index (κ3) is 3.95. The van der Waals surface area contributed by atoms with Crippen molar-refractivity contribution in [1.29, 1.82) is 0 Å². The highest BCUT2D eigenvalue weighted by Crippen LogP contribution is 2.22. The summed E-state index contributed by atoms with van der Waals surface area (Å²) < 4.78 is 27.3. The number of rotatable bonds is 6. The average molecular weight is 273 g/mol. The summed E-state index contributed by atoms with van der Waals surface area (Å²) >= 11 is 3.25. The molecule has 0 spiro atoms. The van der Waals surface area contributed by atoms with Crippen molar-refractivity contribution in [2.45, 2.75) is 25.0 Å². The van der Waals surface area contributed by atoms with Crippen LogP contribution in [0.15, 0.2) is 0 Å². The van der Waals surface area contributed by atoms with Gasteiger partial charge in [0.2, 0.25) is 0 Å². The van der Waals surface area contributed by atoms with Gasteiger partial charge in [0.15, 0.2) is 9.84 Å². The van der Waals surface area contributed by atoms with Crippen molar-refractivity contribution in [1.82, 2.24) is 0 Å². The fourth-order valence-electron chi connectivity index (χ4n) is 0.882. The van der Waals surface area contributed by atoms with Crippen LogP contribution in [0, 0.1) is 0 Å². The zero-order chi connectivity index (χ0) is 10.5. The van der Waals surface area contributed by atoms with E-state index in [-0.39, 0.29) is 6.61 Å². The van der Waals surface area contributed by atoms with Crippen molar-refractivity contribution in [2.75, 3.05) is 24.8 Å². The highest BCUT2D eigenvalue weighted by Gasteiger charge is 2.35. The molecule has 0 aromatic rings. The summed E-state index contributed by atoms with van der Waals surface area (Å²) in [6.45, 7) is 4.40. The Balaban J connectivity index is 4.53. The lowest BCUT2D eigenvalue weighted by Gasteiger charge is -2.26. The molecular formula is C8H17BrO3S. The van der Waals surface area contributed by atoms with E-state index >= 15 is 0 Å². The minimum Gasteiger partial charge on any atom is -0.380 e. The van der Waals surface area contributed by atoms with E-state index in [0.717, 1.165) is 0 Å². The van der Waals surface area contributed by atoms with Crippen molar-refractivity contribution < 1.29 is 13.2 Å². The largest absolute Gasteiger partial charge is 0.380 e. The molecule has 0 radical (unpaired) electrons. The van der Waals surface area contributed by atoms with Crippen LogP contribution < -0.4 is 0 Å². The molecule has 13 heavy (non-hydrogen) atoms. The predicted molar refractivity (Wildman–Crippen MR) is 58.2 cm³/mol. The maximum atomic E-state index is 11.4. The Bertz CT molecular complexity index is 238. The molecule has 0 heterocycles. The van der Waals surface area contributed by atoms with E-state index in [9.17, 15) is 8.42 Å². The van der Waals surface area contributed by atoms with E-state index in [0.29, 0.717) is 18.4 Å². The van der Waals surface area contributed by atoms with E-state index in [1.54, 1.807) is 6.92 Å². The number of sulfone groups is 1. The van der Waals surface area contributed by atoms with Gasteiger partial charge in [0.1, 0.15) is 0 Å². The molecule has 5 heteroatoms. The smallest absolute Gasteiger partial charge is 0.155 e. The number of ether oxygens (including phenoxy) is 1. The summed E-state index contributed by atoms with van der Waals surface area (Å²) in [7, 11) is -3.05. The Labute approximate surface area is 88.9 Å². The molecule has 0 bridgehead atoms. The number of alkyl halides is 1. The zero-order valence-corrected chi connectivity index (χ0v) is 10.7. The zero-order valence-electron chi connectivity index (χ0n) is 8.34. The van der Waals surface area contributed by atoms with E-state index in [4.69, 9.17) is 4.74 Å². The van der Waals surface area contributed by atoms with Crippen LogP contribution in [0.25, 0.3) is 0 Å². The molecule has 0 N–H and O–H groups in total. The summed E-state index contributed by atoms with van der Waals surface area (Å²) in [5.74, 6) is 0. The molecule has 0 fully saturated rings. The molecule has 0 rings (SSSR count). The molecule has 0 aromatic carbocycles. The number of hydrogen-bond acceptors (Lipinski definition) is 3. The maximum Gasteiger partial charge on any atom is 0.155 e. The lowest BCUT2D eigenvalue weighted by atomic mass is 10.1. The summed E-state index contributed by atoms with van der Waals surface area (Å²) in [4.78, 5) is 0. The normalized spacial score (nSPS) is 16.9. The monoisotopic (exact) mass is 272 g/mol. The Morgan fingerprint density at radius 2 is 2.00 bits per heavy atom. The second-order valence-electron chi connectivity index (χ2n) is 3.30. The summed E-state index contributed by atoms with van der Waals surface area (Å²) in [6, 6.07) is 0.